The Balaban J connectivity index is 1.90. The first-order valence-electron chi connectivity index (χ1n) is 6.06. The Hall–Kier alpha value is -1.21. The average molecular weight is 270 g/mol. The monoisotopic (exact) mass is 270 g/mol. The lowest BCUT2D eigenvalue weighted by molar-refractivity contribution is 0.284. The summed E-state index contributed by atoms with van der Waals surface area (Å²) in [5.41, 5.74) is 0.871. The largest absolute Gasteiger partial charge is 0.369 e. The maximum absolute atomic E-state index is 11.3. The van der Waals surface area contributed by atoms with Gasteiger partial charge in [-0.15, -0.1) is 0 Å². The van der Waals surface area contributed by atoms with Crippen LogP contribution in [0.3, 0.4) is 0 Å². The van der Waals surface area contributed by atoms with Crippen LogP contribution >= 0.6 is 0 Å². The number of hydrogen-bond acceptors (Lipinski definition) is 6. The molecule has 0 spiro atoms. The van der Waals surface area contributed by atoms with Crippen LogP contribution < -0.4 is 5.32 Å². The molecule has 0 unspecified atom stereocenters. The Morgan fingerprint density at radius 1 is 1.28 bits per heavy atom. The van der Waals surface area contributed by atoms with Gasteiger partial charge in [-0.1, -0.05) is 0 Å². The van der Waals surface area contributed by atoms with Crippen molar-refractivity contribution in [3.05, 3.63) is 18.1 Å². The Bertz CT molecular complexity index is 472. The molecular weight excluding hydrogens is 252 g/mol. The Kier molecular flexibility index (Phi) is 4.13. The van der Waals surface area contributed by atoms with Crippen LogP contribution in [0.1, 0.15) is 12.6 Å². The fourth-order valence-corrected chi connectivity index (χ4v) is 3.12. The van der Waals surface area contributed by atoms with E-state index in [2.05, 4.69) is 20.2 Å². The van der Waals surface area contributed by atoms with Crippen molar-refractivity contribution in [1.29, 1.82) is 0 Å². The van der Waals surface area contributed by atoms with Crippen molar-refractivity contribution >= 4 is 15.7 Å². The molecule has 2 heterocycles. The summed E-state index contributed by atoms with van der Waals surface area (Å²) in [6.45, 7) is 4.65. The van der Waals surface area contributed by atoms with Gasteiger partial charge in [-0.2, -0.15) is 0 Å². The Morgan fingerprint density at radius 2 is 2.00 bits per heavy atom. The number of rotatable bonds is 4. The standard InChI is InChI=1S/C11H18N4O2S/c1-2-12-11-8-13-10(7-14-11)9-15-3-5-18(16,17)6-4-15/h7-8H,2-6,9H2,1H3,(H,12,14). The molecule has 0 atom stereocenters. The van der Waals surface area contributed by atoms with E-state index < -0.39 is 9.84 Å². The molecule has 100 valence electrons. The molecule has 0 amide bonds. The van der Waals surface area contributed by atoms with E-state index in [1.807, 2.05) is 6.92 Å². The summed E-state index contributed by atoms with van der Waals surface area (Å²) in [7, 11) is -2.81. The topological polar surface area (TPSA) is 75.2 Å². The molecule has 1 aromatic rings. The molecule has 1 aliphatic heterocycles. The first-order valence-corrected chi connectivity index (χ1v) is 7.89. The zero-order valence-electron chi connectivity index (χ0n) is 10.5. The number of anilines is 1. The van der Waals surface area contributed by atoms with E-state index >= 15 is 0 Å². The molecule has 1 aliphatic rings. The maximum atomic E-state index is 11.3. The lowest BCUT2D eigenvalue weighted by Crippen LogP contribution is -2.39. The molecule has 1 N–H and O–H groups in total. The summed E-state index contributed by atoms with van der Waals surface area (Å²) in [5, 5.41) is 3.08. The van der Waals surface area contributed by atoms with Gasteiger partial charge in [0.25, 0.3) is 0 Å². The summed E-state index contributed by atoms with van der Waals surface area (Å²) in [5.74, 6) is 1.26. The van der Waals surface area contributed by atoms with Crippen molar-refractivity contribution in [3.8, 4) is 0 Å². The molecule has 6 nitrogen and oxygen atoms in total. The zero-order valence-corrected chi connectivity index (χ0v) is 11.3. The Labute approximate surface area is 107 Å². The van der Waals surface area contributed by atoms with Crippen LogP contribution in [0.2, 0.25) is 0 Å². The normalized spacial score (nSPS) is 19.6. The number of nitrogens with zero attached hydrogens (tertiary/aromatic N) is 3. The van der Waals surface area contributed by atoms with E-state index in [1.54, 1.807) is 12.4 Å². The van der Waals surface area contributed by atoms with E-state index in [9.17, 15) is 8.42 Å². The second-order valence-corrected chi connectivity index (χ2v) is 6.65. The molecule has 0 aromatic carbocycles. The van der Waals surface area contributed by atoms with Crippen molar-refractivity contribution in [2.45, 2.75) is 13.5 Å². The highest BCUT2D eigenvalue weighted by atomic mass is 32.2. The average Bonchev–Trinajstić information content (AvgIpc) is 2.35. The first kappa shape index (κ1) is 13.2. The predicted molar refractivity (Wildman–Crippen MR) is 70.1 cm³/mol. The zero-order chi connectivity index (χ0) is 13.0. The predicted octanol–water partition coefficient (Wildman–Crippen LogP) is 0.139. The van der Waals surface area contributed by atoms with E-state index in [1.165, 1.54) is 0 Å². The maximum Gasteiger partial charge on any atom is 0.152 e. The smallest absolute Gasteiger partial charge is 0.152 e. The highest BCUT2D eigenvalue weighted by molar-refractivity contribution is 7.91. The molecule has 0 aliphatic carbocycles. The third-order valence-electron chi connectivity index (χ3n) is 2.89. The van der Waals surface area contributed by atoms with Crippen LogP contribution in [0, 0.1) is 0 Å². The van der Waals surface area contributed by atoms with Gasteiger partial charge < -0.3 is 5.32 Å². The quantitative estimate of drug-likeness (QED) is 0.839. The van der Waals surface area contributed by atoms with Gasteiger partial charge in [-0.3, -0.25) is 9.88 Å². The minimum Gasteiger partial charge on any atom is -0.369 e. The van der Waals surface area contributed by atoms with Gasteiger partial charge in [0.15, 0.2) is 9.84 Å². The van der Waals surface area contributed by atoms with Gasteiger partial charge in [0.2, 0.25) is 0 Å². The van der Waals surface area contributed by atoms with E-state index in [4.69, 9.17) is 0 Å². The fraction of sp³-hybridized carbons (Fsp3) is 0.636. The van der Waals surface area contributed by atoms with E-state index in [0.717, 1.165) is 18.1 Å². The molecule has 18 heavy (non-hydrogen) atoms. The van der Waals surface area contributed by atoms with Gasteiger partial charge in [0.05, 0.1) is 29.6 Å². The van der Waals surface area contributed by atoms with Gasteiger partial charge in [-0.05, 0) is 6.92 Å². The highest BCUT2D eigenvalue weighted by Gasteiger charge is 2.21. The molecule has 0 saturated carbocycles. The number of sulfone groups is 1. The number of nitrogens with one attached hydrogen (secondary N) is 1. The van der Waals surface area contributed by atoms with Crippen molar-refractivity contribution in [1.82, 2.24) is 14.9 Å². The van der Waals surface area contributed by atoms with Gasteiger partial charge in [0.1, 0.15) is 5.82 Å². The van der Waals surface area contributed by atoms with Crippen LogP contribution in [0.4, 0.5) is 5.82 Å². The van der Waals surface area contributed by atoms with Crippen LogP contribution in [0.15, 0.2) is 12.4 Å². The van der Waals surface area contributed by atoms with Gasteiger partial charge >= 0.3 is 0 Å². The second kappa shape index (κ2) is 5.62. The van der Waals surface area contributed by atoms with Crippen LogP contribution in [-0.2, 0) is 16.4 Å². The lowest BCUT2D eigenvalue weighted by atomic mass is 10.4. The SMILES string of the molecule is CCNc1cnc(CN2CCS(=O)(=O)CC2)cn1. The van der Waals surface area contributed by atoms with Crippen LogP contribution in [0.5, 0.6) is 0 Å². The van der Waals surface area contributed by atoms with Crippen molar-refractivity contribution in [2.75, 3.05) is 36.5 Å². The van der Waals surface area contributed by atoms with Crippen LogP contribution in [0.25, 0.3) is 0 Å². The fourth-order valence-electron chi connectivity index (χ4n) is 1.85. The van der Waals surface area contributed by atoms with Crippen LogP contribution in [-0.4, -0.2) is 54.4 Å². The summed E-state index contributed by atoms with van der Waals surface area (Å²) in [6, 6.07) is 0. The number of hydrogen-bond donors (Lipinski definition) is 1. The molecule has 1 aromatic heterocycles. The highest BCUT2D eigenvalue weighted by Crippen LogP contribution is 2.08. The van der Waals surface area contributed by atoms with E-state index in [-0.39, 0.29) is 11.5 Å². The van der Waals surface area contributed by atoms with E-state index in [0.29, 0.717) is 19.6 Å². The molecule has 1 fully saturated rings. The molecule has 2 rings (SSSR count). The third-order valence-corrected chi connectivity index (χ3v) is 4.50. The van der Waals surface area contributed by atoms with Gasteiger partial charge in [0, 0.05) is 26.2 Å². The second-order valence-electron chi connectivity index (χ2n) is 4.35. The molecule has 7 heteroatoms. The summed E-state index contributed by atoms with van der Waals surface area (Å²) >= 11 is 0. The molecule has 0 bridgehead atoms. The Morgan fingerprint density at radius 3 is 2.56 bits per heavy atom. The minimum atomic E-state index is -2.81. The van der Waals surface area contributed by atoms with Gasteiger partial charge in [-0.25, -0.2) is 13.4 Å². The molecule has 1 saturated heterocycles. The summed E-state index contributed by atoms with van der Waals surface area (Å²) in [6.07, 6.45) is 3.45. The summed E-state index contributed by atoms with van der Waals surface area (Å²) in [4.78, 5) is 10.7. The number of aromatic nitrogens is 2. The molecule has 0 radical (unpaired) electrons. The molecular formula is C11H18N4O2S. The first-order chi connectivity index (χ1) is 8.59. The lowest BCUT2D eigenvalue weighted by Gasteiger charge is -2.25. The van der Waals surface area contributed by atoms with Crippen molar-refractivity contribution in [2.24, 2.45) is 0 Å². The third kappa shape index (κ3) is 3.64. The van der Waals surface area contributed by atoms with Crippen molar-refractivity contribution < 1.29 is 8.42 Å². The van der Waals surface area contributed by atoms with Crippen molar-refractivity contribution in [3.63, 3.8) is 0 Å². The summed E-state index contributed by atoms with van der Waals surface area (Å²) < 4.78 is 22.6. The minimum absolute atomic E-state index is 0.246.